The summed E-state index contributed by atoms with van der Waals surface area (Å²) in [6.07, 6.45) is -2.32. The van der Waals surface area contributed by atoms with Crippen LogP contribution in [0.15, 0.2) is 30.6 Å². The quantitative estimate of drug-likeness (QED) is 0.765. The fourth-order valence-electron chi connectivity index (χ4n) is 1.86. The zero-order valence-electron chi connectivity index (χ0n) is 12.6. The highest BCUT2D eigenvalue weighted by molar-refractivity contribution is 7.90. The third-order valence-electron chi connectivity index (χ3n) is 3.09. The van der Waals surface area contributed by atoms with Gasteiger partial charge in [-0.05, 0) is 32.0 Å². The molecule has 1 aromatic carbocycles. The number of aromatic nitrogens is 2. The van der Waals surface area contributed by atoms with Crippen molar-refractivity contribution >= 4 is 16.3 Å². The second-order valence-electron chi connectivity index (χ2n) is 5.12. The molecular formula is C14H13F3N2O4S. The Bertz CT molecular complexity index is 857. The third-order valence-corrected chi connectivity index (χ3v) is 5.01. The summed E-state index contributed by atoms with van der Waals surface area (Å²) in [5, 5.41) is 2.92. The topological polar surface area (TPSA) is 78.3 Å². The van der Waals surface area contributed by atoms with Crippen LogP contribution in [0.25, 0.3) is 11.1 Å². The standard InChI is InChI=1S/C14H13F3N2O4S/c1-9(2)24(21,22)19-7-11(6-18-19)12-5-10(8-20)3-4-13(12)23-14(15,16)17/h3-9H,1-2H3. The molecule has 0 N–H and O–H groups in total. The summed E-state index contributed by atoms with van der Waals surface area (Å²) in [6.45, 7) is 2.89. The number of halogens is 3. The first-order chi connectivity index (χ1) is 11.0. The Morgan fingerprint density at radius 2 is 1.96 bits per heavy atom. The van der Waals surface area contributed by atoms with Gasteiger partial charge in [0.1, 0.15) is 12.0 Å². The van der Waals surface area contributed by atoms with Crippen LogP contribution in [0.3, 0.4) is 0 Å². The Kier molecular flexibility index (Phi) is 4.70. The summed E-state index contributed by atoms with van der Waals surface area (Å²) in [5.74, 6) is -0.561. The predicted octanol–water partition coefficient (Wildman–Crippen LogP) is 2.85. The monoisotopic (exact) mass is 362 g/mol. The van der Waals surface area contributed by atoms with Crippen molar-refractivity contribution in [2.24, 2.45) is 0 Å². The first-order valence-electron chi connectivity index (χ1n) is 6.69. The minimum absolute atomic E-state index is 0.0715. The SMILES string of the molecule is CC(C)S(=O)(=O)n1cc(-c2cc(C=O)ccc2OC(F)(F)F)cn1. The smallest absolute Gasteiger partial charge is 0.405 e. The Hall–Kier alpha value is -2.36. The zero-order valence-corrected chi connectivity index (χ0v) is 13.4. The largest absolute Gasteiger partial charge is 0.573 e. The molecule has 0 atom stereocenters. The summed E-state index contributed by atoms with van der Waals surface area (Å²) >= 11 is 0. The second kappa shape index (κ2) is 6.27. The first-order valence-corrected chi connectivity index (χ1v) is 8.19. The van der Waals surface area contributed by atoms with Gasteiger partial charge in [0, 0.05) is 16.7 Å². The average Bonchev–Trinajstić information content (AvgIpc) is 2.96. The van der Waals surface area contributed by atoms with Gasteiger partial charge in [-0.15, -0.1) is 13.2 Å². The number of nitrogens with zero attached hydrogens (tertiary/aromatic N) is 2. The van der Waals surface area contributed by atoms with Crippen molar-refractivity contribution in [1.29, 1.82) is 0 Å². The molecule has 130 valence electrons. The van der Waals surface area contributed by atoms with E-state index in [-0.39, 0.29) is 16.7 Å². The van der Waals surface area contributed by atoms with Gasteiger partial charge in [-0.3, -0.25) is 4.79 Å². The van der Waals surface area contributed by atoms with E-state index < -0.39 is 27.4 Å². The van der Waals surface area contributed by atoms with Crippen molar-refractivity contribution in [2.45, 2.75) is 25.5 Å². The summed E-state index contributed by atoms with van der Waals surface area (Å²) in [4.78, 5) is 10.9. The van der Waals surface area contributed by atoms with Crippen molar-refractivity contribution in [3.8, 4) is 16.9 Å². The van der Waals surface area contributed by atoms with Crippen LogP contribution in [0.2, 0.25) is 0 Å². The van der Waals surface area contributed by atoms with Crippen molar-refractivity contribution in [3.05, 3.63) is 36.2 Å². The number of rotatable bonds is 5. The molecule has 2 rings (SSSR count). The Morgan fingerprint density at radius 3 is 2.50 bits per heavy atom. The number of aldehydes is 1. The highest BCUT2D eigenvalue weighted by Gasteiger charge is 2.32. The van der Waals surface area contributed by atoms with Crippen LogP contribution in [0.5, 0.6) is 5.75 Å². The minimum atomic E-state index is -4.93. The molecule has 0 aliphatic carbocycles. The fourth-order valence-corrected chi connectivity index (χ4v) is 2.73. The molecule has 1 aromatic heterocycles. The number of hydrogen-bond donors (Lipinski definition) is 0. The van der Waals surface area contributed by atoms with E-state index in [0.29, 0.717) is 10.4 Å². The molecule has 0 saturated carbocycles. The highest BCUT2D eigenvalue weighted by atomic mass is 32.2. The summed E-state index contributed by atoms with van der Waals surface area (Å²) in [5.41, 5.74) is 0.0864. The molecular weight excluding hydrogens is 349 g/mol. The Labute approximate surface area is 135 Å². The van der Waals surface area contributed by atoms with Crippen molar-refractivity contribution < 1.29 is 31.1 Å². The zero-order chi connectivity index (χ0) is 18.1. The maximum atomic E-state index is 12.5. The van der Waals surface area contributed by atoms with Crippen LogP contribution < -0.4 is 4.74 Å². The maximum Gasteiger partial charge on any atom is 0.573 e. The van der Waals surface area contributed by atoms with Gasteiger partial charge < -0.3 is 4.74 Å². The minimum Gasteiger partial charge on any atom is -0.405 e. The van der Waals surface area contributed by atoms with E-state index in [1.165, 1.54) is 13.8 Å². The number of ether oxygens (including phenoxy) is 1. The van der Waals surface area contributed by atoms with Gasteiger partial charge in [0.2, 0.25) is 0 Å². The van der Waals surface area contributed by atoms with Crippen LogP contribution in [-0.4, -0.2) is 35.5 Å². The van der Waals surface area contributed by atoms with Crippen molar-refractivity contribution in [1.82, 2.24) is 9.19 Å². The van der Waals surface area contributed by atoms with Gasteiger partial charge in [0.05, 0.1) is 17.6 Å². The molecule has 0 radical (unpaired) electrons. The first kappa shape index (κ1) is 18.0. The number of carbonyl (C=O) groups excluding carboxylic acids is 1. The predicted molar refractivity (Wildman–Crippen MR) is 79.2 cm³/mol. The van der Waals surface area contributed by atoms with Crippen LogP contribution in [-0.2, 0) is 10.0 Å². The van der Waals surface area contributed by atoms with Gasteiger partial charge in [0.25, 0.3) is 10.0 Å². The van der Waals surface area contributed by atoms with Crippen LogP contribution in [0.1, 0.15) is 24.2 Å². The van der Waals surface area contributed by atoms with Gasteiger partial charge in [-0.1, -0.05) is 0 Å². The number of hydrogen-bond acceptors (Lipinski definition) is 5. The lowest BCUT2D eigenvalue weighted by molar-refractivity contribution is -0.274. The van der Waals surface area contributed by atoms with E-state index in [4.69, 9.17) is 0 Å². The lowest BCUT2D eigenvalue weighted by Gasteiger charge is -2.13. The maximum absolute atomic E-state index is 12.5. The van der Waals surface area contributed by atoms with Crippen molar-refractivity contribution in [2.75, 3.05) is 0 Å². The fraction of sp³-hybridized carbons (Fsp3) is 0.286. The molecule has 2 aromatic rings. The molecule has 0 saturated heterocycles. The molecule has 0 bridgehead atoms. The molecule has 0 amide bonds. The van der Waals surface area contributed by atoms with Crippen LogP contribution in [0, 0.1) is 0 Å². The third kappa shape index (κ3) is 3.75. The van der Waals surface area contributed by atoms with E-state index in [2.05, 4.69) is 9.84 Å². The van der Waals surface area contributed by atoms with E-state index in [0.717, 1.165) is 30.6 Å². The normalized spacial score (nSPS) is 12.4. The Morgan fingerprint density at radius 1 is 1.29 bits per heavy atom. The van der Waals surface area contributed by atoms with Gasteiger partial charge in [-0.25, -0.2) is 8.42 Å². The van der Waals surface area contributed by atoms with E-state index in [9.17, 15) is 26.4 Å². The van der Waals surface area contributed by atoms with Crippen molar-refractivity contribution in [3.63, 3.8) is 0 Å². The second-order valence-corrected chi connectivity index (χ2v) is 7.46. The highest BCUT2D eigenvalue weighted by Crippen LogP contribution is 2.34. The number of carbonyl (C=O) groups is 1. The summed E-state index contributed by atoms with van der Waals surface area (Å²) in [6, 6.07) is 3.31. The van der Waals surface area contributed by atoms with Crippen LogP contribution in [0.4, 0.5) is 13.2 Å². The molecule has 1 heterocycles. The number of benzene rings is 1. The lowest BCUT2D eigenvalue weighted by Crippen LogP contribution is -2.22. The summed E-state index contributed by atoms with van der Waals surface area (Å²) in [7, 11) is -3.75. The molecule has 0 aliphatic rings. The molecule has 10 heteroatoms. The lowest BCUT2D eigenvalue weighted by atomic mass is 10.1. The molecule has 6 nitrogen and oxygen atoms in total. The molecule has 0 aliphatic heterocycles. The molecule has 24 heavy (non-hydrogen) atoms. The van der Waals surface area contributed by atoms with Crippen LogP contribution >= 0.6 is 0 Å². The number of alkyl halides is 3. The van der Waals surface area contributed by atoms with Gasteiger partial charge >= 0.3 is 6.36 Å². The molecule has 0 unspecified atom stereocenters. The van der Waals surface area contributed by atoms with Gasteiger partial charge in [0.15, 0.2) is 0 Å². The summed E-state index contributed by atoms with van der Waals surface area (Å²) < 4.78 is 66.2. The van der Waals surface area contributed by atoms with E-state index in [1.54, 1.807) is 0 Å². The van der Waals surface area contributed by atoms with E-state index in [1.807, 2.05) is 0 Å². The van der Waals surface area contributed by atoms with E-state index >= 15 is 0 Å². The van der Waals surface area contributed by atoms with Gasteiger partial charge in [-0.2, -0.15) is 9.19 Å². The average molecular weight is 362 g/mol. The Balaban J connectivity index is 2.55. The molecule has 0 fully saturated rings. The molecule has 0 spiro atoms.